The number of thiophene rings is 1. The molecule has 0 saturated carbocycles. The van der Waals surface area contributed by atoms with Gasteiger partial charge in [-0.2, -0.15) is 8.78 Å². The topological polar surface area (TPSA) is 37.4 Å². The minimum absolute atomic E-state index is 0.000926. The lowest BCUT2D eigenvalue weighted by molar-refractivity contribution is 0.162. The summed E-state index contributed by atoms with van der Waals surface area (Å²) in [5.74, 6) is 0. The van der Waals surface area contributed by atoms with Gasteiger partial charge in [0.05, 0.1) is 5.69 Å². The van der Waals surface area contributed by atoms with Gasteiger partial charge in [-0.15, -0.1) is 11.3 Å². The second kappa shape index (κ2) is 5.49. The van der Waals surface area contributed by atoms with Gasteiger partial charge in [0.15, 0.2) is 0 Å². The van der Waals surface area contributed by atoms with E-state index < -0.39 is 16.6 Å². The molecule has 0 radical (unpaired) electrons. The molecule has 0 N–H and O–H groups in total. The summed E-state index contributed by atoms with van der Waals surface area (Å²) >= 11 is 0.916. The Hall–Kier alpha value is -1.47. The summed E-state index contributed by atoms with van der Waals surface area (Å²) in [5, 5.41) is 1.54. The monoisotopic (exact) mass is 317 g/mol. The van der Waals surface area contributed by atoms with Crippen molar-refractivity contribution in [3.05, 3.63) is 46.8 Å². The number of hydrogen-bond donors (Lipinski definition) is 0. The summed E-state index contributed by atoms with van der Waals surface area (Å²) in [7, 11) is -4.24. The van der Waals surface area contributed by atoms with E-state index in [-0.39, 0.29) is 14.2 Å². The average molecular weight is 317 g/mol. The molecule has 0 fully saturated rings. The van der Waals surface area contributed by atoms with E-state index in [1.54, 1.807) is 24.4 Å². The molecule has 0 bridgehead atoms. The third-order valence-electron chi connectivity index (χ3n) is 2.78. The van der Waals surface area contributed by atoms with Gasteiger partial charge in [-0.1, -0.05) is 23.8 Å². The molecule has 20 heavy (non-hydrogen) atoms. The normalized spacial score (nSPS) is 11.8. The van der Waals surface area contributed by atoms with Crippen LogP contribution in [0.4, 0.5) is 14.5 Å². The van der Waals surface area contributed by atoms with Crippen molar-refractivity contribution in [1.29, 1.82) is 0 Å². The molecular weight excluding hydrogens is 304 g/mol. The van der Waals surface area contributed by atoms with Gasteiger partial charge in [0, 0.05) is 0 Å². The predicted octanol–water partition coefficient (Wildman–Crippen LogP) is 3.78. The maximum atomic E-state index is 13.3. The Kier molecular flexibility index (Phi) is 4.10. The maximum absolute atomic E-state index is 13.3. The third kappa shape index (κ3) is 2.69. The molecule has 1 aromatic heterocycles. The van der Waals surface area contributed by atoms with Crippen LogP contribution in [0.5, 0.6) is 0 Å². The Morgan fingerprint density at radius 3 is 2.40 bits per heavy atom. The molecule has 0 amide bonds. The molecule has 0 aliphatic heterocycles. The fourth-order valence-corrected chi connectivity index (χ4v) is 4.36. The smallest absolute Gasteiger partial charge is 0.206 e. The van der Waals surface area contributed by atoms with Crippen molar-refractivity contribution < 1.29 is 17.2 Å². The zero-order valence-electron chi connectivity index (χ0n) is 10.9. The number of rotatable bonds is 4. The number of nitrogens with zero attached hydrogens (tertiary/aromatic N) is 1. The molecule has 0 atom stereocenters. The molecule has 0 aliphatic carbocycles. The highest BCUT2D eigenvalue weighted by molar-refractivity contribution is 7.94. The van der Waals surface area contributed by atoms with Crippen LogP contribution in [0.1, 0.15) is 11.1 Å². The largest absolute Gasteiger partial charge is 0.328 e. The molecule has 108 valence electrons. The van der Waals surface area contributed by atoms with Gasteiger partial charge in [0.25, 0.3) is 10.0 Å². The van der Waals surface area contributed by atoms with Gasteiger partial charge in [-0.05, 0) is 36.9 Å². The van der Waals surface area contributed by atoms with Crippen LogP contribution in [-0.4, -0.2) is 15.0 Å². The van der Waals surface area contributed by atoms with Crippen LogP contribution in [0.25, 0.3) is 0 Å². The van der Waals surface area contributed by atoms with Crippen molar-refractivity contribution in [2.75, 3.05) is 4.31 Å². The number of sulfonamides is 1. The lowest BCUT2D eigenvalue weighted by Crippen LogP contribution is -2.35. The molecule has 1 aromatic carbocycles. The molecule has 1 heterocycles. The summed E-state index contributed by atoms with van der Waals surface area (Å²) in [6, 6.07) is 7.53. The van der Waals surface area contributed by atoms with Gasteiger partial charge in [0.2, 0.25) is 0 Å². The van der Waals surface area contributed by atoms with E-state index in [0.29, 0.717) is 5.56 Å². The molecule has 3 nitrogen and oxygen atoms in total. The Bertz CT molecular complexity index is 697. The van der Waals surface area contributed by atoms with E-state index in [4.69, 9.17) is 0 Å². The van der Waals surface area contributed by atoms with Crippen molar-refractivity contribution in [3.8, 4) is 0 Å². The summed E-state index contributed by atoms with van der Waals surface area (Å²) in [6.45, 7) is 0.294. The molecule has 7 heteroatoms. The summed E-state index contributed by atoms with van der Waals surface area (Å²) in [6.07, 6.45) is 0. The highest BCUT2D eigenvalue weighted by Crippen LogP contribution is 2.32. The van der Waals surface area contributed by atoms with Gasteiger partial charge >= 0.3 is 6.55 Å². The van der Waals surface area contributed by atoms with E-state index in [0.717, 1.165) is 16.9 Å². The summed E-state index contributed by atoms with van der Waals surface area (Å²) in [5.41, 5.74) is 1.37. The number of aryl methyl sites for hydroxylation is 2. The number of anilines is 1. The first kappa shape index (κ1) is 14.9. The summed E-state index contributed by atoms with van der Waals surface area (Å²) in [4.78, 5) is 0. The Morgan fingerprint density at radius 1 is 1.20 bits per heavy atom. The van der Waals surface area contributed by atoms with Crippen LogP contribution >= 0.6 is 11.3 Å². The maximum Gasteiger partial charge on any atom is 0.328 e. The van der Waals surface area contributed by atoms with Crippen molar-refractivity contribution in [1.82, 2.24) is 0 Å². The highest BCUT2D eigenvalue weighted by atomic mass is 32.2. The predicted molar refractivity (Wildman–Crippen MR) is 75.9 cm³/mol. The number of hydrogen-bond acceptors (Lipinski definition) is 3. The highest BCUT2D eigenvalue weighted by Gasteiger charge is 2.33. The molecular formula is C13H13F2NO2S2. The minimum atomic E-state index is -4.24. The standard InChI is InChI=1S/C13H13F2NO2S2/c1-9-5-6-11(10(2)8-9)16(13(14)15)20(17,18)12-4-3-7-19-12/h3-8,13H,1-2H3. The van der Waals surface area contributed by atoms with E-state index >= 15 is 0 Å². The van der Waals surface area contributed by atoms with Crippen LogP contribution < -0.4 is 4.31 Å². The quantitative estimate of drug-likeness (QED) is 0.805. The molecule has 0 unspecified atom stereocenters. The van der Waals surface area contributed by atoms with Gasteiger partial charge in [-0.3, -0.25) is 0 Å². The number of alkyl halides is 2. The fraction of sp³-hybridized carbons (Fsp3) is 0.231. The lowest BCUT2D eigenvalue weighted by Gasteiger charge is -2.24. The van der Waals surface area contributed by atoms with Gasteiger partial charge < -0.3 is 0 Å². The van der Waals surface area contributed by atoms with Gasteiger partial charge in [-0.25, -0.2) is 12.7 Å². The number of halogens is 2. The van der Waals surface area contributed by atoms with Crippen LogP contribution in [-0.2, 0) is 10.0 Å². The second-order valence-corrected chi connectivity index (χ2v) is 7.29. The first-order valence-corrected chi connectivity index (χ1v) is 8.09. The zero-order chi connectivity index (χ0) is 14.9. The number of benzene rings is 1. The van der Waals surface area contributed by atoms with Crippen LogP contribution in [0, 0.1) is 13.8 Å². The van der Waals surface area contributed by atoms with E-state index in [2.05, 4.69) is 0 Å². The van der Waals surface area contributed by atoms with Crippen molar-refractivity contribution in [3.63, 3.8) is 0 Å². The molecule has 0 saturated heterocycles. The van der Waals surface area contributed by atoms with Crippen LogP contribution in [0.15, 0.2) is 39.9 Å². The van der Waals surface area contributed by atoms with Crippen molar-refractivity contribution in [2.24, 2.45) is 0 Å². The van der Waals surface area contributed by atoms with Crippen LogP contribution in [0.2, 0.25) is 0 Å². The lowest BCUT2D eigenvalue weighted by atomic mass is 10.1. The average Bonchev–Trinajstić information content (AvgIpc) is 2.86. The Labute approximate surface area is 120 Å². The Balaban J connectivity index is 2.58. The van der Waals surface area contributed by atoms with Gasteiger partial charge in [0.1, 0.15) is 4.21 Å². The molecule has 2 rings (SSSR count). The second-order valence-electron chi connectivity index (χ2n) is 4.30. The van der Waals surface area contributed by atoms with E-state index in [9.17, 15) is 17.2 Å². The third-order valence-corrected chi connectivity index (χ3v) is 5.88. The molecule has 2 aromatic rings. The zero-order valence-corrected chi connectivity index (χ0v) is 12.5. The van der Waals surface area contributed by atoms with Crippen molar-refractivity contribution in [2.45, 2.75) is 24.6 Å². The molecule has 0 spiro atoms. The fourth-order valence-electron chi connectivity index (χ4n) is 1.90. The minimum Gasteiger partial charge on any atom is -0.206 e. The molecule has 0 aliphatic rings. The van der Waals surface area contributed by atoms with Crippen molar-refractivity contribution >= 4 is 27.0 Å². The Morgan fingerprint density at radius 2 is 1.90 bits per heavy atom. The van der Waals surface area contributed by atoms with E-state index in [1.807, 2.05) is 6.92 Å². The van der Waals surface area contributed by atoms with E-state index in [1.165, 1.54) is 18.2 Å². The van der Waals surface area contributed by atoms with Crippen LogP contribution in [0.3, 0.4) is 0 Å². The summed E-state index contributed by atoms with van der Waals surface area (Å²) < 4.78 is 51.3. The first-order chi connectivity index (χ1) is 9.34. The first-order valence-electron chi connectivity index (χ1n) is 5.77. The SMILES string of the molecule is Cc1ccc(N(C(F)F)S(=O)(=O)c2cccs2)c(C)c1.